The topological polar surface area (TPSA) is 43.8 Å². The second-order valence-electron chi connectivity index (χ2n) is 5.36. The minimum atomic E-state index is -0.00224. The average Bonchev–Trinajstić information content (AvgIpc) is 2.76. The molecule has 1 unspecified atom stereocenters. The van der Waals surface area contributed by atoms with Gasteiger partial charge in [-0.25, -0.2) is 4.98 Å². The zero-order valence-corrected chi connectivity index (χ0v) is 12.4. The molecule has 0 spiro atoms. The second-order valence-corrected chi connectivity index (χ2v) is 5.79. The molecular weight excluding hydrogens is 258 g/mol. The van der Waals surface area contributed by atoms with Gasteiger partial charge >= 0.3 is 0 Å². The molecule has 0 fully saturated rings. The number of imidazole rings is 1. The molecule has 0 radical (unpaired) electrons. The quantitative estimate of drug-likeness (QED) is 0.922. The van der Waals surface area contributed by atoms with Gasteiger partial charge in [-0.2, -0.15) is 0 Å². The molecular formula is C15H20ClN3. The fourth-order valence-electron chi connectivity index (χ4n) is 2.30. The predicted octanol–water partition coefficient (Wildman–Crippen LogP) is 3.88. The number of rotatable bonds is 4. The van der Waals surface area contributed by atoms with Gasteiger partial charge in [-0.3, -0.25) is 0 Å². The molecule has 2 rings (SSSR count). The molecule has 0 amide bonds. The van der Waals surface area contributed by atoms with E-state index in [-0.39, 0.29) is 6.04 Å². The fraction of sp³-hybridized carbons (Fsp3) is 0.400. The first-order valence-electron chi connectivity index (χ1n) is 6.53. The Labute approximate surface area is 119 Å². The summed E-state index contributed by atoms with van der Waals surface area (Å²) in [4.78, 5) is 4.24. The summed E-state index contributed by atoms with van der Waals surface area (Å²) in [6, 6.07) is 5.85. The summed E-state index contributed by atoms with van der Waals surface area (Å²) in [5.74, 6) is 0.560. The van der Waals surface area contributed by atoms with Crippen LogP contribution in [-0.2, 0) is 0 Å². The van der Waals surface area contributed by atoms with Crippen molar-refractivity contribution in [3.05, 3.63) is 47.0 Å². The molecule has 1 aromatic heterocycles. The number of hydrogen-bond donors (Lipinski definition) is 1. The number of benzene rings is 1. The Balaban J connectivity index is 2.38. The molecule has 1 aromatic carbocycles. The van der Waals surface area contributed by atoms with Gasteiger partial charge in [0.2, 0.25) is 0 Å². The highest BCUT2D eigenvalue weighted by Gasteiger charge is 2.15. The van der Waals surface area contributed by atoms with Crippen LogP contribution in [0.15, 0.2) is 30.7 Å². The van der Waals surface area contributed by atoms with Crippen LogP contribution in [0.2, 0.25) is 5.02 Å². The molecule has 0 aliphatic carbocycles. The van der Waals surface area contributed by atoms with Gasteiger partial charge in [0.05, 0.1) is 18.2 Å². The van der Waals surface area contributed by atoms with Crippen molar-refractivity contribution in [3.8, 4) is 5.69 Å². The van der Waals surface area contributed by atoms with E-state index in [1.807, 2.05) is 37.6 Å². The highest BCUT2D eigenvalue weighted by atomic mass is 35.5. The van der Waals surface area contributed by atoms with Gasteiger partial charge in [-0.1, -0.05) is 25.4 Å². The third-order valence-electron chi connectivity index (χ3n) is 3.19. The van der Waals surface area contributed by atoms with Crippen LogP contribution in [0.1, 0.15) is 37.6 Å². The lowest BCUT2D eigenvalue weighted by molar-refractivity contribution is 0.498. The molecule has 2 N–H and O–H groups in total. The van der Waals surface area contributed by atoms with E-state index < -0.39 is 0 Å². The van der Waals surface area contributed by atoms with E-state index in [9.17, 15) is 0 Å². The van der Waals surface area contributed by atoms with Crippen molar-refractivity contribution < 1.29 is 0 Å². The van der Waals surface area contributed by atoms with Gasteiger partial charge in [-0.05, 0) is 43.0 Å². The number of nitrogens with zero attached hydrogens (tertiary/aromatic N) is 2. The summed E-state index contributed by atoms with van der Waals surface area (Å²) in [5.41, 5.74) is 9.51. The van der Waals surface area contributed by atoms with Gasteiger partial charge in [0.1, 0.15) is 0 Å². The van der Waals surface area contributed by atoms with Crippen LogP contribution >= 0.6 is 11.6 Å². The van der Waals surface area contributed by atoms with Crippen LogP contribution in [0.4, 0.5) is 0 Å². The van der Waals surface area contributed by atoms with Crippen molar-refractivity contribution in [1.29, 1.82) is 0 Å². The lowest BCUT2D eigenvalue weighted by atomic mass is 10.0. The Morgan fingerprint density at radius 1 is 1.37 bits per heavy atom. The normalized spacial score (nSPS) is 12.9. The van der Waals surface area contributed by atoms with E-state index in [0.29, 0.717) is 5.92 Å². The summed E-state index contributed by atoms with van der Waals surface area (Å²) < 4.78 is 2.05. The Bertz CT molecular complexity index is 560. The third-order valence-corrected chi connectivity index (χ3v) is 3.43. The smallest absolute Gasteiger partial charge is 0.0994 e. The first-order chi connectivity index (χ1) is 8.99. The Hall–Kier alpha value is -1.32. The average molecular weight is 278 g/mol. The molecule has 0 aliphatic heterocycles. The molecule has 4 heteroatoms. The Kier molecular flexibility index (Phi) is 4.27. The molecule has 2 aromatic rings. The predicted molar refractivity (Wildman–Crippen MR) is 79.7 cm³/mol. The van der Waals surface area contributed by atoms with Crippen LogP contribution in [0, 0.1) is 12.8 Å². The number of halogens is 1. The number of aryl methyl sites for hydroxylation is 1. The molecule has 0 aliphatic rings. The monoisotopic (exact) mass is 277 g/mol. The molecule has 1 heterocycles. The largest absolute Gasteiger partial charge is 0.323 e. The summed E-state index contributed by atoms with van der Waals surface area (Å²) in [6.07, 6.45) is 4.60. The molecule has 19 heavy (non-hydrogen) atoms. The molecule has 3 nitrogen and oxygen atoms in total. The highest BCUT2D eigenvalue weighted by Crippen LogP contribution is 2.24. The minimum Gasteiger partial charge on any atom is -0.323 e. The van der Waals surface area contributed by atoms with E-state index in [1.165, 1.54) is 0 Å². The lowest BCUT2D eigenvalue weighted by Gasteiger charge is -2.17. The van der Waals surface area contributed by atoms with Crippen LogP contribution in [-0.4, -0.2) is 9.55 Å². The second kappa shape index (κ2) is 5.76. The van der Waals surface area contributed by atoms with Crippen molar-refractivity contribution >= 4 is 11.6 Å². The molecule has 102 valence electrons. The van der Waals surface area contributed by atoms with Crippen LogP contribution < -0.4 is 5.73 Å². The fourth-order valence-corrected chi connectivity index (χ4v) is 2.53. The first kappa shape index (κ1) is 14.1. The van der Waals surface area contributed by atoms with E-state index >= 15 is 0 Å². The number of hydrogen-bond acceptors (Lipinski definition) is 2. The van der Waals surface area contributed by atoms with Gasteiger partial charge in [0, 0.05) is 16.8 Å². The van der Waals surface area contributed by atoms with E-state index in [2.05, 4.69) is 23.4 Å². The summed E-state index contributed by atoms with van der Waals surface area (Å²) in [6.45, 7) is 6.39. The van der Waals surface area contributed by atoms with Crippen molar-refractivity contribution in [2.75, 3.05) is 0 Å². The van der Waals surface area contributed by atoms with Crippen molar-refractivity contribution in [2.45, 2.75) is 33.2 Å². The Morgan fingerprint density at radius 2 is 2.11 bits per heavy atom. The molecule has 0 bridgehead atoms. The van der Waals surface area contributed by atoms with Gasteiger partial charge in [-0.15, -0.1) is 0 Å². The molecule has 1 atom stereocenters. The van der Waals surface area contributed by atoms with Crippen molar-refractivity contribution in [1.82, 2.24) is 9.55 Å². The summed E-state index contributed by atoms with van der Waals surface area (Å²) in [7, 11) is 0. The third kappa shape index (κ3) is 3.17. The van der Waals surface area contributed by atoms with Crippen molar-refractivity contribution in [3.63, 3.8) is 0 Å². The maximum Gasteiger partial charge on any atom is 0.0994 e. The number of aromatic nitrogens is 2. The summed E-state index contributed by atoms with van der Waals surface area (Å²) in [5, 5.41) is 0.745. The van der Waals surface area contributed by atoms with Gasteiger partial charge < -0.3 is 10.3 Å². The first-order valence-corrected chi connectivity index (χ1v) is 6.91. The van der Waals surface area contributed by atoms with Gasteiger partial charge in [0.25, 0.3) is 0 Å². The number of nitrogens with two attached hydrogens (primary N) is 1. The Morgan fingerprint density at radius 3 is 2.74 bits per heavy atom. The standard InChI is InChI=1S/C15H20ClN3/c1-10(2)6-13(17)15-8-18-9-19(15)14-5-4-12(16)7-11(14)3/h4-5,7-10,13H,6,17H2,1-3H3. The minimum absolute atomic E-state index is 0.00224. The van der Waals surface area contributed by atoms with Crippen LogP contribution in [0.25, 0.3) is 5.69 Å². The zero-order chi connectivity index (χ0) is 14.0. The summed E-state index contributed by atoms with van der Waals surface area (Å²) >= 11 is 6.00. The molecule has 0 saturated heterocycles. The SMILES string of the molecule is Cc1cc(Cl)ccc1-n1cncc1C(N)CC(C)C. The maximum absolute atomic E-state index is 6.27. The maximum atomic E-state index is 6.27. The highest BCUT2D eigenvalue weighted by molar-refractivity contribution is 6.30. The van der Waals surface area contributed by atoms with Crippen LogP contribution in [0.5, 0.6) is 0 Å². The van der Waals surface area contributed by atoms with Crippen molar-refractivity contribution in [2.24, 2.45) is 11.7 Å². The van der Waals surface area contributed by atoms with E-state index in [1.54, 1.807) is 0 Å². The van der Waals surface area contributed by atoms with Gasteiger partial charge in [0.15, 0.2) is 0 Å². The molecule has 0 saturated carbocycles. The van der Waals surface area contributed by atoms with Crippen LogP contribution in [0.3, 0.4) is 0 Å². The lowest BCUT2D eigenvalue weighted by Crippen LogP contribution is -2.16. The van der Waals surface area contributed by atoms with E-state index in [4.69, 9.17) is 17.3 Å². The van der Waals surface area contributed by atoms with E-state index in [0.717, 1.165) is 28.4 Å². The zero-order valence-electron chi connectivity index (χ0n) is 11.6.